The van der Waals surface area contributed by atoms with E-state index >= 15 is 0 Å². The van der Waals surface area contributed by atoms with Gasteiger partial charge in [-0.05, 0) is 25.1 Å². The number of carbonyl (C=O) groups excluding carboxylic acids is 1. The molecule has 1 amide bonds. The lowest BCUT2D eigenvalue weighted by Gasteiger charge is -1.93. The van der Waals surface area contributed by atoms with Crippen molar-refractivity contribution in [1.82, 2.24) is 19.7 Å². The van der Waals surface area contributed by atoms with Crippen LogP contribution in [0.4, 0.5) is 4.79 Å². The first-order valence-corrected chi connectivity index (χ1v) is 6.70. The van der Waals surface area contributed by atoms with E-state index < -0.39 is 6.03 Å². The van der Waals surface area contributed by atoms with Gasteiger partial charge in [0.1, 0.15) is 10.7 Å². The summed E-state index contributed by atoms with van der Waals surface area (Å²) >= 11 is 1.51. The van der Waals surface area contributed by atoms with Crippen molar-refractivity contribution >= 4 is 17.4 Å². The van der Waals surface area contributed by atoms with Crippen molar-refractivity contribution in [1.29, 1.82) is 0 Å². The molecule has 0 fully saturated rings. The Balaban J connectivity index is 2.02. The number of pyridine rings is 1. The van der Waals surface area contributed by atoms with Crippen LogP contribution in [0.5, 0.6) is 0 Å². The summed E-state index contributed by atoms with van der Waals surface area (Å²) in [5.41, 5.74) is 7.69. The van der Waals surface area contributed by atoms with Gasteiger partial charge in [-0.2, -0.15) is 9.78 Å². The minimum Gasteiger partial charge on any atom is -0.350 e. The van der Waals surface area contributed by atoms with Gasteiger partial charge < -0.3 is 5.73 Å². The van der Waals surface area contributed by atoms with E-state index in [1.165, 1.54) is 11.3 Å². The van der Waals surface area contributed by atoms with Gasteiger partial charge in [-0.15, -0.1) is 11.3 Å². The summed E-state index contributed by atoms with van der Waals surface area (Å²) in [7, 11) is 0. The maximum absolute atomic E-state index is 11.1. The average Bonchev–Trinajstić information content (AvgIpc) is 3.06. The molecule has 3 rings (SSSR count). The molecule has 0 saturated carbocycles. The topological polar surface area (TPSA) is 86.7 Å². The van der Waals surface area contributed by atoms with Gasteiger partial charge in [-0.3, -0.25) is 4.98 Å². The fraction of sp³-hybridized carbons (Fsp3) is 0.0769. The molecule has 0 radical (unpaired) electrons. The van der Waals surface area contributed by atoms with Gasteiger partial charge in [0.25, 0.3) is 0 Å². The lowest BCUT2D eigenvalue weighted by molar-refractivity contribution is 0.248. The second-order valence-electron chi connectivity index (χ2n) is 4.16. The van der Waals surface area contributed by atoms with Crippen LogP contribution in [0, 0.1) is 6.92 Å². The van der Waals surface area contributed by atoms with E-state index in [0.717, 1.165) is 25.8 Å². The number of thiazole rings is 1. The molecule has 0 spiro atoms. The third kappa shape index (κ3) is 2.19. The van der Waals surface area contributed by atoms with E-state index in [-0.39, 0.29) is 0 Å². The highest BCUT2D eigenvalue weighted by molar-refractivity contribution is 7.18. The molecule has 0 aromatic carbocycles. The summed E-state index contributed by atoms with van der Waals surface area (Å²) in [5, 5.41) is 5.02. The molecule has 0 unspecified atom stereocenters. The van der Waals surface area contributed by atoms with Gasteiger partial charge in [0.15, 0.2) is 0 Å². The molecule has 0 saturated heterocycles. The summed E-state index contributed by atoms with van der Waals surface area (Å²) in [6.45, 7) is 1.91. The monoisotopic (exact) mass is 285 g/mol. The Morgan fingerprint density at radius 1 is 1.40 bits per heavy atom. The van der Waals surface area contributed by atoms with Gasteiger partial charge in [-0.25, -0.2) is 9.78 Å². The second-order valence-corrected chi connectivity index (χ2v) is 5.16. The van der Waals surface area contributed by atoms with Gasteiger partial charge >= 0.3 is 6.03 Å². The Hall–Kier alpha value is -2.54. The number of amides is 1. The van der Waals surface area contributed by atoms with Crippen molar-refractivity contribution in [3.63, 3.8) is 0 Å². The van der Waals surface area contributed by atoms with Crippen molar-refractivity contribution in [2.24, 2.45) is 5.73 Å². The van der Waals surface area contributed by atoms with Gasteiger partial charge in [0.2, 0.25) is 0 Å². The Kier molecular flexibility index (Phi) is 3.03. The Morgan fingerprint density at radius 3 is 2.90 bits per heavy atom. The second kappa shape index (κ2) is 4.86. The number of nitrogens with zero attached hydrogens (tertiary/aromatic N) is 4. The highest BCUT2D eigenvalue weighted by atomic mass is 32.1. The SMILES string of the molecule is Cc1nc(-c2cccnc2)sc1-c1ccn(C(N)=O)n1. The van der Waals surface area contributed by atoms with E-state index in [1.807, 2.05) is 19.1 Å². The standard InChI is InChI=1S/C13H11N5OS/c1-8-11(10-4-6-18(17-10)13(14)19)20-12(16-8)9-3-2-5-15-7-9/h2-7H,1H3,(H2,14,19). The highest BCUT2D eigenvalue weighted by Crippen LogP contribution is 2.33. The van der Waals surface area contributed by atoms with Crippen molar-refractivity contribution in [2.75, 3.05) is 0 Å². The first-order valence-electron chi connectivity index (χ1n) is 5.89. The Bertz CT molecular complexity index is 762. The molecular formula is C13H11N5OS. The molecule has 0 aliphatic carbocycles. The number of hydrogen-bond acceptors (Lipinski definition) is 5. The zero-order valence-electron chi connectivity index (χ0n) is 10.6. The van der Waals surface area contributed by atoms with Crippen molar-refractivity contribution in [2.45, 2.75) is 6.92 Å². The molecule has 3 heterocycles. The maximum Gasteiger partial charge on any atom is 0.339 e. The molecule has 2 N–H and O–H groups in total. The quantitative estimate of drug-likeness (QED) is 0.782. The maximum atomic E-state index is 11.1. The molecule has 0 aliphatic heterocycles. The molecule has 20 heavy (non-hydrogen) atoms. The molecule has 0 bridgehead atoms. The van der Waals surface area contributed by atoms with E-state index in [4.69, 9.17) is 5.73 Å². The third-order valence-corrected chi connectivity index (χ3v) is 3.98. The van der Waals surface area contributed by atoms with E-state index in [9.17, 15) is 4.79 Å². The predicted molar refractivity (Wildman–Crippen MR) is 76.3 cm³/mol. The summed E-state index contributed by atoms with van der Waals surface area (Å²) < 4.78 is 1.11. The molecule has 0 atom stereocenters. The predicted octanol–water partition coefficient (Wildman–Crippen LogP) is 2.30. The lowest BCUT2D eigenvalue weighted by atomic mass is 10.3. The number of hydrogen-bond donors (Lipinski definition) is 1. The van der Waals surface area contributed by atoms with Crippen LogP contribution in [0.25, 0.3) is 21.1 Å². The zero-order chi connectivity index (χ0) is 14.1. The molecule has 3 aromatic rings. The fourth-order valence-corrected chi connectivity index (χ4v) is 2.84. The molecule has 7 heteroatoms. The first-order chi connectivity index (χ1) is 9.65. The largest absolute Gasteiger partial charge is 0.350 e. The molecule has 3 aromatic heterocycles. The third-order valence-electron chi connectivity index (χ3n) is 2.75. The van der Waals surface area contributed by atoms with Gasteiger partial charge in [0.05, 0.1) is 10.6 Å². The Morgan fingerprint density at radius 2 is 2.25 bits per heavy atom. The normalized spacial score (nSPS) is 10.7. The minimum absolute atomic E-state index is 0.606. The lowest BCUT2D eigenvalue weighted by Crippen LogP contribution is -2.19. The van der Waals surface area contributed by atoms with Crippen LogP contribution in [0.15, 0.2) is 36.8 Å². The van der Waals surface area contributed by atoms with Crippen LogP contribution in [0.1, 0.15) is 5.69 Å². The van der Waals surface area contributed by atoms with E-state index in [1.54, 1.807) is 24.7 Å². The van der Waals surface area contributed by atoms with Crippen LogP contribution in [0.2, 0.25) is 0 Å². The first kappa shape index (κ1) is 12.5. The van der Waals surface area contributed by atoms with Crippen LogP contribution < -0.4 is 5.73 Å². The van der Waals surface area contributed by atoms with E-state index in [0.29, 0.717) is 5.69 Å². The van der Waals surface area contributed by atoms with Gasteiger partial charge in [0, 0.05) is 24.2 Å². The number of rotatable bonds is 2. The summed E-state index contributed by atoms with van der Waals surface area (Å²) in [4.78, 5) is 20.6. The molecule has 6 nitrogen and oxygen atoms in total. The van der Waals surface area contributed by atoms with E-state index in [2.05, 4.69) is 15.1 Å². The summed E-state index contributed by atoms with van der Waals surface area (Å²) in [5.74, 6) is 0. The van der Waals surface area contributed by atoms with Gasteiger partial charge in [-0.1, -0.05) is 0 Å². The highest BCUT2D eigenvalue weighted by Gasteiger charge is 2.14. The van der Waals surface area contributed by atoms with Crippen LogP contribution in [-0.4, -0.2) is 25.8 Å². The fourth-order valence-electron chi connectivity index (χ4n) is 1.81. The summed E-state index contributed by atoms with van der Waals surface area (Å²) in [6, 6.07) is 4.97. The summed E-state index contributed by atoms with van der Waals surface area (Å²) in [6.07, 6.45) is 5.03. The van der Waals surface area contributed by atoms with Crippen molar-refractivity contribution in [3.8, 4) is 21.1 Å². The van der Waals surface area contributed by atoms with Crippen LogP contribution >= 0.6 is 11.3 Å². The molecule has 0 aliphatic rings. The average molecular weight is 285 g/mol. The minimum atomic E-state index is -0.606. The number of aryl methyl sites for hydroxylation is 1. The number of primary amides is 1. The van der Waals surface area contributed by atoms with Crippen LogP contribution in [0.3, 0.4) is 0 Å². The van der Waals surface area contributed by atoms with Crippen molar-refractivity contribution < 1.29 is 4.79 Å². The van der Waals surface area contributed by atoms with Crippen LogP contribution in [-0.2, 0) is 0 Å². The number of aromatic nitrogens is 4. The van der Waals surface area contributed by atoms with Crippen molar-refractivity contribution in [3.05, 3.63) is 42.5 Å². The number of nitrogens with two attached hydrogens (primary N) is 1. The molecular weight excluding hydrogens is 274 g/mol. The molecule has 100 valence electrons. The smallest absolute Gasteiger partial charge is 0.339 e. The number of carbonyl (C=O) groups is 1. The Labute approximate surface area is 118 Å². The zero-order valence-corrected chi connectivity index (χ0v) is 11.5.